The molecule has 0 aliphatic heterocycles. The van der Waals surface area contributed by atoms with Crippen LogP contribution in [0.5, 0.6) is 0 Å². The lowest BCUT2D eigenvalue weighted by atomic mass is 9.62. The average Bonchev–Trinajstić information content (AvgIpc) is 3.20. The summed E-state index contributed by atoms with van der Waals surface area (Å²) < 4.78 is 13.5. The predicted octanol–water partition coefficient (Wildman–Crippen LogP) is 5.88. The van der Waals surface area contributed by atoms with Crippen LogP contribution in [0.15, 0.2) is 54.6 Å². The summed E-state index contributed by atoms with van der Waals surface area (Å²) in [6.07, 6.45) is 1.22. The molecule has 2 nitrogen and oxygen atoms in total. The summed E-state index contributed by atoms with van der Waals surface area (Å²) >= 11 is 0. The van der Waals surface area contributed by atoms with Gasteiger partial charge in [0.05, 0.1) is 11.7 Å². The number of methoxy groups -OCH3 is 1. The Balaban J connectivity index is 1.70. The molecule has 4 bridgehead atoms. The zero-order valence-corrected chi connectivity index (χ0v) is 19.0. The summed E-state index contributed by atoms with van der Waals surface area (Å²) in [5.74, 6) is 0.940. The van der Waals surface area contributed by atoms with Gasteiger partial charge in [0.1, 0.15) is 0 Å². The quantitative estimate of drug-likeness (QED) is 0.605. The van der Waals surface area contributed by atoms with E-state index in [4.69, 9.17) is 9.16 Å². The minimum absolute atomic E-state index is 0.0616. The lowest BCUT2D eigenvalue weighted by Gasteiger charge is -2.47. The molecule has 28 heavy (non-hydrogen) atoms. The van der Waals surface area contributed by atoms with Crippen LogP contribution in [0.25, 0.3) is 0 Å². The molecule has 2 fully saturated rings. The van der Waals surface area contributed by atoms with Crippen LogP contribution in [-0.4, -0.2) is 27.1 Å². The molecule has 6 rings (SSSR count). The van der Waals surface area contributed by atoms with Gasteiger partial charge in [0, 0.05) is 24.4 Å². The van der Waals surface area contributed by atoms with E-state index < -0.39 is 8.32 Å². The van der Waals surface area contributed by atoms with Crippen LogP contribution in [-0.2, 0) is 14.6 Å². The third-order valence-corrected chi connectivity index (χ3v) is 12.8. The molecule has 0 amide bonds. The van der Waals surface area contributed by atoms with Crippen molar-refractivity contribution >= 4 is 8.32 Å². The second kappa shape index (κ2) is 5.59. The fourth-order valence-electron chi connectivity index (χ4n) is 6.13. The zero-order valence-electron chi connectivity index (χ0n) is 18.0. The van der Waals surface area contributed by atoms with Gasteiger partial charge in [-0.05, 0) is 41.2 Å². The lowest BCUT2D eigenvalue weighted by molar-refractivity contribution is 0.0385. The first kappa shape index (κ1) is 18.6. The van der Waals surface area contributed by atoms with Crippen molar-refractivity contribution in [2.24, 2.45) is 5.92 Å². The Morgan fingerprint density at radius 1 is 0.964 bits per heavy atom. The van der Waals surface area contributed by atoms with Crippen molar-refractivity contribution < 1.29 is 9.16 Å². The van der Waals surface area contributed by atoms with E-state index in [0.717, 1.165) is 6.42 Å². The van der Waals surface area contributed by atoms with Crippen molar-refractivity contribution in [3.63, 3.8) is 0 Å². The number of ether oxygens (including phenoxy) is 1. The predicted molar refractivity (Wildman–Crippen MR) is 116 cm³/mol. The lowest BCUT2D eigenvalue weighted by Crippen LogP contribution is -2.49. The van der Waals surface area contributed by atoms with Gasteiger partial charge in [-0.1, -0.05) is 75.4 Å². The Labute approximate surface area is 170 Å². The first-order chi connectivity index (χ1) is 13.2. The SMILES string of the molecule is CO[C@H]1[C@H]2C3c4ccccc4[C@]1(c1ccccc1)C[C@]32O[Si](C)(C)C(C)(C)C. The highest BCUT2D eigenvalue weighted by Gasteiger charge is 2.83. The molecule has 5 atom stereocenters. The van der Waals surface area contributed by atoms with Crippen LogP contribution in [0, 0.1) is 5.92 Å². The number of benzene rings is 2. The molecule has 4 aliphatic rings. The van der Waals surface area contributed by atoms with Crippen LogP contribution in [0.1, 0.15) is 49.8 Å². The van der Waals surface area contributed by atoms with Gasteiger partial charge in [-0.15, -0.1) is 0 Å². The highest BCUT2D eigenvalue weighted by atomic mass is 28.4. The topological polar surface area (TPSA) is 18.5 Å². The van der Waals surface area contributed by atoms with E-state index in [9.17, 15) is 0 Å². The van der Waals surface area contributed by atoms with Crippen molar-refractivity contribution in [2.75, 3.05) is 7.11 Å². The second-order valence-electron chi connectivity index (χ2n) is 10.6. The Morgan fingerprint density at radius 3 is 2.25 bits per heavy atom. The van der Waals surface area contributed by atoms with Gasteiger partial charge in [-0.2, -0.15) is 0 Å². The molecule has 0 radical (unpaired) electrons. The summed E-state index contributed by atoms with van der Waals surface area (Å²) in [6.45, 7) is 11.8. The standard InChI is InChI=1S/C25H32O2Si/c1-23(2,3)28(5,6)27-25-16-24(17-12-8-7-9-13-17)19-15-11-10-14-18(19)20(25)21(25)22(24)26-4/h7-15,20-22H,16H2,1-6H3/t20?,21-,22+,24-,25+/m1/s1. The first-order valence-electron chi connectivity index (χ1n) is 10.6. The normalized spacial score (nSPS) is 35.6. The van der Waals surface area contributed by atoms with E-state index in [-0.39, 0.29) is 22.2 Å². The van der Waals surface area contributed by atoms with Crippen molar-refractivity contribution in [3.8, 4) is 0 Å². The van der Waals surface area contributed by atoms with E-state index in [2.05, 4.69) is 88.5 Å². The van der Waals surface area contributed by atoms with E-state index in [1.807, 2.05) is 7.11 Å². The van der Waals surface area contributed by atoms with E-state index in [0.29, 0.717) is 11.8 Å². The van der Waals surface area contributed by atoms with Crippen LogP contribution in [0.2, 0.25) is 18.1 Å². The maximum atomic E-state index is 7.25. The van der Waals surface area contributed by atoms with Gasteiger partial charge >= 0.3 is 0 Å². The van der Waals surface area contributed by atoms with Crippen LogP contribution >= 0.6 is 0 Å². The first-order valence-corrected chi connectivity index (χ1v) is 13.5. The maximum absolute atomic E-state index is 7.25. The van der Waals surface area contributed by atoms with Gasteiger partial charge in [0.25, 0.3) is 0 Å². The Kier molecular flexibility index (Phi) is 3.71. The number of hydrogen-bond acceptors (Lipinski definition) is 2. The molecule has 2 saturated carbocycles. The van der Waals surface area contributed by atoms with Crippen molar-refractivity contribution in [1.82, 2.24) is 0 Å². The molecule has 0 saturated heterocycles. The van der Waals surface area contributed by atoms with Gasteiger partial charge in [-0.3, -0.25) is 0 Å². The number of hydrogen-bond donors (Lipinski definition) is 0. The fourth-order valence-corrected chi connectivity index (χ4v) is 7.72. The van der Waals surface area contributed by atoms with Gasteiger partial charge in [0.2, 0.25) is 0 Å². The monoisotopic (exact) mass is 392 g/mol. The molecule has 3 heteroatoms. The summed E-state index contributed by atoms with van der Waals surface area (Å²) in [7, 11) is 0.00576. The Bertz CT molecular complexity index is 916. The van der Waals surface area contributed by atoms with Crippen molar-refractivity contribution in [1.29, 1.82) is 0 Å². The van der Waals surface area contributed by atoms with E-state index in [1.54, 1.807) is 0 Å². The fraction of sp³-hybridized carbons (Fsp3) is 0.520. The molecule has 0 aromatic heterocycles. The van der Waals surface area contributed by atoms with Crippen molar-refractivity contribution in [3.05, 3.63) is 71.3 Å². The molecule has 1 unspecified atom stereocenters. The smallest absolute Gasteiger partial charge is 0.192 e. The largest absolute Gasteiger partial charge is 0.410 e. The summed E-state index contributed by atoms with van der Waals surface area (Å²) in [5, 5.41) is 0.207. The van der Waals surface area contributed by atoms with E-state index >= 15 is 0 Å². The van der Waals surface area contributed by atoms with Gasteiger partial charge < -0.3 is 9.16 Å². The van der Waals surface area contributed by atoms with Crippen LogP contribution < -0.4 is 0 Å². The molecular formula is C25H32O2Si. The van der Waals surface area contributed by atoms with Crippen molar-refractivity contribution in [2.45, 2.75) is 68.4 Å². The Morgan fingerprint density at radius 2 is 1.61 bits per heavy atom. The Hall–Kier alpha value is -1.42. The van der Waals surface area contributed by atoms with E-state index in [1.165, 1.54) is 16.7 Å². The molecule has 148 valence electrons. The molecule has 0 heterocycles. The maximum Gasteiger partial charge on any atom is 0.192 e. The van der Waals surface area contributed by atoms with Gasteiger partial charge in [0.15, 0.2) is 8.32 Å². The number of rotatable bonds is 4. The van der Waals surface area contributed by atoms with Gasteiger partial charge in [-0.25, -0.2) is 0 Å². The molecule has 4 aliphatic carbocycles. The molecule has 0 spiro atoms. The molecule has 2 aromatic rings. The molecular weight excluding hydrogens is 360 g/mol. The highest BCUT2D eigenvalue weighted by molar-refractivity contribution is 6.74. The molecule has 2 aromatic carbocycles. The minimum atomic E-state index is -1.89. The third kappa shape index (κ3) is 2.10. The highest BCUT2D eigenvalue weighted by Crippen LogP contribution is 2.80. The zero-order chi connectivity index (χ0) is 19.9. The van der Waals surface area contributed by atoms with Crippen LogP contribution in [0.3, 0.4) is 0 Å². The second-order valence-corrected chi connectivity index (χ2v) is 15.3. The average molecular weight is 393 g/mol. The summed E-state index contributed by atoms with van der Waals surface area (Å²) in [5.41, 5.74) is 4.16. The summed E-state index contributed by atoms with van der Waals surface area (Å²) in [6, 6.07) is 20.1. The summed E-state index contributed by atoms with van der Waals surface area (Å²) in [4.78, 5) is 0. The molecule has 0 N–H and O–H groups in total. The minimum Gasteiger partial charge on any atom is -0.410 e. The third-order valence-electron chi connectivity index (χ3n) is 8.28. The van der Waals surface area contributed by atoms with Crippen LogP contribution in [0.4, 0.5) is 0 Å².